The quantitative estimate of drug-likeness (QED) is 0.811. The van der Waals surface area contributed by atoms with E-state index >= 15 is 0 Å². The van der Waals surface area contributed by atoms with Crippen molar-refractivity contribution in [2.24, 2.45) is 0 Å². The van der Waals surface area contributed by atoms with Crippen LogP contribution >= 0.6 is 11.3 Å². The Morgan fingerprint density at radius 2 is 1.85 bits per heavy atom. The molecule has 0 atom stereocenters. The highest BCUT2D eigenvalue weighted by Crippen LogP contribution is 2.24. The van der Waals surface area contributed by atoms with E-state index < -0.39 is 6.36 Å². The van der Waals surface area contributed by atoms with Crippen LogP contribution in [0.3, 0.4) is 0 Å². The molecule has 5 nitrogen and oxygen atoms in total. The molecule has 0 bridgehead atoms. The molecule has 1 fully saturated rings. The Hall–Kier alpha value is -2.29. The molecule has 1 aliphatic rings. The number of rotatable bonds is 4. The molecule has 0 saturated carbocycles. The number of anilines is 1. The number of ether oxygens (including phenoxy) is 1. The van der Waals surface area contributed by atoms with Gasteiger partial charge in [-0.1, -0.05) is 12.1 Å². The molecule has 3 rings (SSSR count). The maximum absolute atomic E-state index is 12.4. The Kier molecular flexibility index (Phi) is 5.36. The van der Waals surface area contributed by atoms with E-state index in [4.69, 9.17) is 0 Å². The molecule has 140 valence electrons. The zero-order valence-corrected chi connectivity index (χ0v) is 14.9. The maximum atomic E-state index is 12.4. The van der Waals surface area contributed by atoms with Gasteiger partial charge in [-0.25, -0.2) is 4.98 Å². The predicted molar refractivity (Wildman–Crippen MR) is 92.5 cm³/mol. The summed E-state index contributed by atoms with van der Waals surface area (Å²) in [5, 5.41) is 2.97. The number of piperazine rings is 1. The normalized spacial score (nSPS) is 15.2. The second kappa shape index (κ2) is 7.53. The number of hydrogen-bond donors (Lipinski definition) is 0. The van der Waals surface area contributed by atoms with Gasteiger partial charge in [0.05, 0.1) is 12.1 Å². The van der Waals surface area contributed by atoms with E-state index in [-0.39, 0.29) is 18.1 Å². The van der Waals surface area contributed by atoms with E-state index in [1.54, 1.807) is 16.2 Å². The molecule has 0 N–H and O–H groups in total. The van der Waals surface area contributed by atoms with Crippen LogP contribution in [0.5, 0.6) is 5.75 Å². The number of nitrogens with zero attached hydrogens (tertiary/aromatic N) is 3. The van der Waals surface area contributed by atoms with Gasteiger partial charge < -0.3 is 14.5 Å². The predicted octanol–water partition coefficient (Wildman–Crippen LogP) is 3.24. The van der Waals surface area contributed by atoms with Crippen LogP contribution in [0.25, 0.3) is 0 Å². The van der Waals surface area contributed by atoms with Crippen molar-refractivity contribution in [1.29, 1.82) is 0 Å². The maximum Gasteiger partial charge on any atom is 0.573 e. The van der Waals surface area contributed by atoms with E-state index in [9.17, 15) is 18.0 Å². The number of carbonyl (C=O) groups excluding carboxylic acids is 1. The number of aromatic nitrogens is 1. The van der Waals surface area contributed by atoms with Gasteiger partial charge in [-0.05, 0) is 24.6 Å². The van der Waals surface area contributed by atoms with Gasteiger partial charge in [0, 0.05) is 31.6 Å². The van der Waals surface area contributed by atoms with Gasteiger partial charge in [0.2, 0.25) is 5.91 Å². The zero-order valence-electron chi connectivity index (χ0n) is 14.1. The lowest BCUT2D eigenvalue weighted by atomic mass is 10.1. The molecule has 1 saturated heterocycles. The van der Waals surface area contributed by atoms with E-state index in [1.807, 2.05) is 12.3 Å². The van der Waals surface area contributed by atoms with Crippen LogP contribution in [0.15, 0.2) is 29.6 Å². The molecule has 1 aromatic heterocycles. The summed E-state index contributed by atoms with van der Waals surface area (Å²) in [6, 6.07) is 5.40. The number of halogens is 3. The lowest BCUT2D eigenvalue weighted by Crippen LogP contribution is -2.49. The van der Waals surface area contributed by atoms with E-state index in [2.05, 4.69) is 14.6 Å². The summed E-state index contributed by atoms with van der Waals surface area (Å²) in [7, 11) is 0. The molecule has 0 spiro atoms. The Balaban J connectivity index is 1.51. The molecule has 1 amide bonds. The first-order valence-corrected chi connectivity index (χ1v) is 8.98. The number of aryl methyl sites for hydroxylation is 1. The monoisotopic (exact) mass is 385 g/mol. The topological polar surface area (TPSA) is 45.7 Å². The lowest BCUT2D eigenvalue weighted by Gasteiger charge is -2.34. The van der Waals surface area contributed by atoms with Gasteiger partial charge in [0.25, 0.3) is 0 Å². The fourth-order valence-electron chi connectivity index (χ4n) is 2.73. The Labute approximate surface area is 153 Å². The van der Waals surface area contributed by atoms with Crippen LogP contribution in [0.1, 0.15) is 11.3 Å². The highest BCUT2D eigenvalue weighted by molar-refractivity contribution is 7.13. The van der Waals surface area contributed by atoms with Gasteiger partial charge in [0.15, 0.2) is 5.13 Å². The zero-order chi connectivity index (χ0) is 18.7. The summed E-state index contributed by atoms with van der Waals surface area (Å²) in [5.74, 6) is -0.328. The summed E-state index contributed by atoms with van der Waals surface area (Å²) in [6.45, 7) is 4.60. The van der Waals surface area contributed by atoms with Crippen molar-refractivity contribution in [1.82, 2.24) is 9.88 Å². The molecule has 1 aromatic carbocycles. The Bertz CT molecular complexity index is 753. The first-order chi connectivity index (χ1) is 12.3. The second-order valence-corrected chi connectivity index (χ2v) is 6.84. The van der Waals surface area contributed by atoms with E-state index in [0.717, 1.165) is 23.9 Å². The van der Waals surface area contributed by atoms with Gasteiger partial charge in [-0.15, -0.1) is 24.5 Å². The Morgan fingerprint density at radius 3 is 2.38 bits per heavy atom. The van der Waals surface area contributed by atoms with Crippen molar-refractivity contribution in [2.75, 3.05) is 31.1 Å². The average Bonchev–Trinajstić information content (AvgIpc) is 3.02. The lowest BCUT2D eigenvalue weighted by molar-refractivity contribution is -0.274. The SMILES string of the molecule is Cc1csc(N2CCN(C(=O)Cc3ccc(OC(F)(F)F)cc3)CC2)n1. The van der Waals surface area contributed by atoms with Gasteiger partial charge in [-0.2, -0.15) is 0 Å². The number of alkyl halides is 3. The van der Waals surface area contributed by atoms with Crippen molar-refractivity contribution in [3.63, 3.8) is 0 Å². The van der Waals surface area contributed by atoms with Crippen LogP contribution in [0.2, 0.25) is 0 Å². The summed E-state index contributed by atoms with van der Waals surface area (Å²) in [5.41, 5.74) is 1.64. The van der Waals surface area contributed by atoms with Crippen LogP contribution in [-0.2, 0) is 11.2 Å². The largest absolute Gasteiger partial charge is 0.573 e. The van der Waals surface area contributed by atoms with Gasteiger partial charge in [-0.3, -0.25) is 4.79 Å². The minimum atomic E-state index is -4.72. The number of hydrogen-bond acceptors (Lipinski definition) is 5. The van der Waals surface area contributed by atoms with Crippen LogP contribution in [0.4, 0.5) is 18.3 Å². The molecule has 2 aromatic rings. The highest BCUT2D eigenvalue weighted by Gasteiger charge is 2.31. The minimum Gasteiger partial charge on any atom is -0.406 e. The second-order valence-electron chi connectivity index (χ2n) is 6.01. The summed E-state index contributed by atoms with van der Waals surface area (Å²) in [4.78, 5) is 20.8. The molecule has 0 radical (unpaired) electrons. The molecule has 9 heteroatoms. The first-order valence-electron chi connectivity index (χ1n) is 8.10. The summed E-state index contributed by atoms with van der Waals surface area (Å²) in [6.07, 6.45) is -4.56. The fraction of sp³-hybridized carbons (Fsp3) is 0.412. The highest BCUT2D eigenvalue weighted by atomic mass is 32.1. The van der Waals surface area contributed by atoms with Gasteiger partial charge in [0.1, 0.15) is 5.75 Å². The van der Waals surface area contributed by atoms with Crippen LogP contribution in [0, 0.1) is 6.92 Å². The van der Waals surface area contributed by atoms with Gasteiger partial charge >= 0.3 is 6.36 Å². The van der Waals surface area contributed by atoms with Crippen molar-refractivity contribution in [3.05, 3.63) is 40.9 Å². The third kappa shape index (κ3) is 4.87. The van der Waals surface area contributed by atoms with Crippen molar-refractivity contribution >= 4 is 22.4 Å². The van der Waals surface area contributed by atoms with Crippen molar-refractivity contribution in [3.8, 4) is 5.75 Å². The Morgan fingerprint density at radius 1 is 1.19 bits per heavy atom. The van der Waals surface area contributed by atoms with Crippen LogP contribution < -0.4 is 9.64 Å². The molecule has 0 aliphatic carbocycles. The van der Waals surface area contributed by atoms with E-state index in [0.29, 0.717) is 18.7 Å². The van der Waals surface area contributed by atoms with Crippen LogP contribution in [-0.4, -0.2) is 48.3 Å². The molecular formula is C17H18F3N3O2S. The number of benzene rings is 1. The summed E-state index contributed by atoms with van der Waals surface area (Å²) >= 11 is 1.59. The van der Waals surface area contributed by atoms with Crippen molar-refractivity contribution < 1.29 is 22.7 Å². The molecule has 26 heavy (non-hydrogen) atoms. The molecule has 2 heterocycles. The number of amides is 1. The van der Waals surface area contributed by atoms with Crippen molar-refractivity contribution in [2.45, 2.75) is 19.7 Å². The average molecular weight is 385 g/mol. The molecule has 0 unspecified atom stereocenters. The standard InChI is InChI=1S/C17H18F3N3O2S/c1-12-11-26-16(21-12)23-8-6-22(7-9-23)15(24)10-13-2-4-14(5-3-13)25-17(18,19)20/h2-5,11H,6-10H2,1H3. The minimum absolute atomic E-state index is 0.0375. The third-order valence-corrected chi connectivity index (χ3v) is 5.04. The van der Waals surface area contributed by atoms with E-state index in [1.165, 1.54) is 24.3 Å². The number of thiazole rings is 1. The summed E-state index contributed by atoms with van der Waals surface area (Å²) < 4.78 is 40.3. The smallest absolute Gasteiger partial charge is 0.406 e. The third-order valence-electron chi connectivity index (χ3n) is 4.02. The number of carbonyl (C=O) groups is 1. The fourth-order valence-corrected chi connectivity index (χ4v) is 3.59. The molecular weight excluding hydrogens is 367 g/mol. The molecule has 1 aliphatic heterocycles. The first kappa shape index (κ1) is 18.5.